The van der Waals surface area contributed by atoms with Crippen molar-refractivity contribution < 1.29 is 0 Å². The Morgan fingerprint density at radius 1 is 0.800 bits per heavy atom. The molecule has 2 N–H and O–H groups in total. The lowest BCUT2D eigenvalue weighted by molar-refractivity contribution is 0.696. The summed E-state index contributed by atoms with van der Waals surface area (Å²) in [5.74, 6) is 0. The Kier molecular flexibility index (Phi) is 5.42. The molecular weight excluding hydrogens is 502 g/mol. The number of H-pyrrole nitrogens is 1. The molecule has 5 heteroatoms. The maximum Gasteiger partial charge on any atom is 0.0734 e. The van der Waals surface area contributed by atoms with Gasteiger partial charge < -0.3 is 10.3 Å². The number of rotatable bonds is 5. The van der Waals surface area contributed by atoms with Crippen LogP contribution in [0.15, 0.2) is 87.9 Å². The smallest absolute Gasteiger partial charge is 0.0734 e. The average molecular weight is 521 g/mol. The normalized spacial score (nSPS) is 11.4. The van der Waals surface area contributed by atoms with E-state index in [0.717, 1.165) is 49.7 Å². The topological polar surface area (TPSA) is 40.7 Å². The van der Waals surface area contributed by atoms with Crippen molar-refractivity contribution in [3.8, 4) is 11.3 Å². The number of pyridine rings is 1. The van der Waals surface area contributed by atoms with Crippen LogP contribution in [0.1, 0.15) is 11.1 Å². The van der Waals surface area contributed by atoms with E-state index < -0.39 is 0 Å². The number of halogens is 2. The van der Waals surface area contributed by atoms with Gasteiger partial charge in [-0.25, -0.2) is 4.98 Å². The van der Waals surface area contributed by atoms with Gasteiger partial charge in [0.25, 0.3) is 0 Å². The highest BCUT2D eigenvalue weighted by Gasteiger charge is 2.12. The van der Waals surface area contributed by atoms with Crippen LogP contribution in [0.2, 0.25) is 0 Å². The van der Waals surface area contributed by atoms with Gasteiger partial charge in [0.1, 0.15) is 0 Å². The van der Waals surface area contributed by atoms with E-state index in [0.29, 0.717) is 0 Å². The second kappa shape index (κ2) is 8.34. The zero-order valence-electron chi connectivity index (χ0n) is 16.1. The van der Waals surface area contributed by atoms with Crippen LogP contribution in [-0.4, -0.2) is 9.97 Å². The molecule has 0 aliphatic heterocycles. The maximum absolute atomic E-state index is 4.99. The van der Waals surface area contributed by atoms with Crippen molar-refractivity contribution >= 4 is 53.7 Å². The van der Waals surface area contributed by atoms with Crippen molar-refractivity contribution in [3.63, 3.8) is 0 Å². The molecule has 148 valence electrons. The highest BCUT2D eigenvalue weighted by atomic mass is 79.9. The number of hydrogen-bond acceptors (Lipinski definition) is 2. The van der Waals surface area contributed by atoms with E-state index in [1.54, 1.807) is 0 Å². The van der Waals surface area contributed by atoms with Gasteiger partial charge in [0, 0.05) is 50.1 Å². The number of aromatic amines is 1. The first-order chi connectivity index (χ1) is 14.7. The molecule has 0 radical (unpaired) electrons. The highest BCUT2D eigenvalue weighted by molar-refractivity contribution is 9.10. The number of nitrogens with zero attached hydrogens (tertiary/aromatic N) is 1. The molecule has 0 saturated carbocycles. The molecule has 3 aromatic carbocycles. The molecule has 2 aromatic heterocycles. The lowest BCUT2D eigenvalue weighted by Crippen LogP contribution is -2.13. The minimum atomic E-state index is 0.772. The van der Waals surface area contributed by atoms with E-state index in [1.807, 2.05) is 18.3 Å². The van der Waals surface area contributed by atoms with E-state index in [1.165, 1.54) is 16.5 Å². The van der Waals surface area contributed by atoms with Gasteiger partial charge in [-0.15, -0.1) is 0 Å². The molecule has 0 fully saturated rings. The van der Waals surface area contributed by atoms with Crippen molar-refractivity contribution in [2.75, 3.05) is 0 Å². The largest absolute Gasteiger partial charge is 0.360 e. The molecular formula is C25H19Br2N3. The third-order valence-corrected chi connectivity index (χ3v) is 6.25. The van der Waals surface area contributed by atoms with Gasteiger partial charge in [0.15, 0.2) is 0 Å². The van der Waals surface area contributed by atoms with Gasteiger partial charge in [0.2, 0.25) is 0 Å². The van der Waals surface area contributed by atoms with Crippen molar-refractivity contribution in [1.82, 2.24) is 15.3 Å². The summed E-state index contributed by atoms with van der Waals surface area (Å²) in [7, 11) is 0. The van der Waals surface area contributed by atoms with Crippen LogP contribution < -0.4 is 5.32 Å². The summed E-state index contributed by atoms with van der Waals surface area (Å²) in [6, 6.07) is 25.3. The molecule has 0 amide bonds. The maximum atomic E-state index is 4.99. The third-order valence-electron chi connectivity index (χ3n) is 5.26. The van der Waals surface area contributed by atoms with Crippen LogP contribution in [-0.2, 0) is 13.1 Å². The summed E-state index contributed by atoms with van der Waals surface area (Å²) in [5.41, 5.74) is 6.69. The average Bonchev–Trinajstić information content (AvgIpc) is 3.17. The number of aromatic nitrogens is 2. The Hall–Kier alpha value is -2.47. The number of hydrogen-bond donors (Lipinski definition) is 2. The predicted octanol–water partition coefficient (Wildman–Crippen LogP) is 7.20. The van der Waals surface area contributed by atoms with E-state index in [-0.39, 0.29) is 0 Å². The van der Waals surface area contributed by atoms with Crippen LogP contribution >= 0.6 is 31.9 Å². The van der Waals surface area contributed by atoms with Gasteiger partial charge in [-0.1, -0.05) is 68.3 Å². The summed E-state index contributed by atoms with van der Waals surface area (Å²) in [6.07, 6.45) is 2.05. The van der Waals surface area contributed by atoms with Crippen LogP contribution in [0.25, 0.3) is 33.1 Å². The monoisotopic (exact) mass is 519 g/mol. The molecule has 0 spiro atoms. The molecule has 0 aliphatic carbocycles. The van der Waals surface area contributed by atoms with Crippen LogP contribution in [0.3, 0.4) is 0 Å². The molecule has 0 atom stereocenters. The predicted molar refractivity (Wildman–Crippen MR) is 131 cm³/mol. The minimum Gasteiger partial charge on any atom is -0.360 e. The van der Waals surface area contributed by atoms with Crippen molar-refractivity contribution in [2.45, 2.75) is 13.1 Å². The molecule has 30 heavy (non-hydrogen) atoms. The zero-order valence-corrected chi connectivity index (χ0v) is 19.3. The number of nitrogens with one attached hydrogen (secondary N) is 2. The Morgan fingerprint density at radius 3 is 2.47 bits per heavy atom. The van der Waals surface area contributed by atoms with Gasteiger partial charge in [-0.05, 0) is 47.5 Å². The Balaban J connectivity index is 1.56. The van der Waals surface area contributed by atoms with Gasteiger partial charge in [-0.2, -0.15) is 0 Å². The molecule has 5 aromatic rings. The fourth-order valence-electron chi connectivity index (χ4n) is 3.80. The number of fused-ring (bicyclic) bond motifs is 2. The standard InChI is InChI=1S/C25H19Br2N3/c26-18-7-9-23-21(11-18)22(15-29-23)24-10-17(14-28-13-16-4-2-1-3-5-16)20-8-6-19(27)12-25(20)30-24/h1-12,15,28-29H,13-14H2. The van der Waals surface area contributed by atoms with Crippen molar-refractivity contribution in [2.24, 2.45) is 0 Å². The van der Waals surface area contributed by atoms with E-state index in [4.69, 9.17) is 4.98 Å². The summed E-state index contributed by atoms with van der Waals surface area (Å²) in [5, 5.41) is 5.92. The molecule has 0 aliphatic rings. The zero-order chi connectivity index (χ0) is 20.5. The fourth-order valence-corrected chi connectivity index (χ4v) is 4.51. The summed E-state index contributed by atoms with van der Waals surface area (Å²) in [6.45, 7) is 1.60. The molecule has 0 saturated heterocycles. The van der Waals surface area contributed by atoms with E-state index >= 15 is 0 Å². The van der Waals surface area contributed by atoms with Gasteiger partial charge in [0.05, 0.1) is 11.2 Å². The van der Waals surface area contributed by atoms with Crippen LogP contribution in [0, 0.1) is 0 Å². The second-order valence-electron chi connectivity index (χ2n) is 7.31. The van der Waals surface area contributed by atoms with Crippen LogP contribution in [0.4, 0.5) is 0 Å². The quantitative estimate of drug-likeness (QED) is 0.257. The minimum absolute atomic E-state index is 0.772. The molecule has 5 rings (SSSR count). The highest BCUT2D eigenvalue weighted by Crippen LogP contribution is 2.32. The lowest BCUT2D eigenvalue weighted by Gasteiger charge is -2.11. The first-order valence-electron chi connectivity index (χ1n) is 9.78. The second-order valence-corrected chi connectivity index (χ2v) is 9.14. The molecule has 0 unspecified atom stereocenters. The first kappa shape index (κ1) is 19.5. The lowest BCUT2D eigenvalue weighted by atomic mass is 10.0. The summed E-state index contributed by atoms with van der Waals surface area (Å²) >= 11 is 7.19. The Morgan fingerprint density at radius 2 is 1.60 bits per heavy atom. The van der Waals surface area contributed by atoms with Crippen LogP contribution in [0.5, 0.6) is 0 Å². The molecule has 3 nitrogen and oxygen atoms in total. The first-order valence-corrected chi connectivity index (χ1v) is 11.4. The van der Waals surface area contributed by atoms with Gasteiger partial charge in [-0.3, -0.25) is 0 Å². The SMILES string of the molecule is Brc1ccc2c(CNCc3ccccc3)cc(-c3c[nH]c4ccc(Br)cc34)nc2c1. The number of benzene rings is 3. The molecule has 2 heterocycles. The van der Waals surface area contributed by atoms with E-state index in [2.05, 4.69) is 103 Å². The van der Waals surface area contributed by atoms with Gasteiger partial charge >= 0.3 is 0 Å². The van der Waals surface area contributed by atoms with Crippen molar-refractivity contribution in [1.29, 1.82) is 0 Å². The van der Waals surface area contributed by atoms with E-state index in [9.17, 15) is 0 Å². The molecule has 0 bridgehead atoms. The summed E-state index contributed by atoms with van der Waals surface area (Å²) < 4.78 is 2.09. The van der Waals surface area contributed by atoms with Crippen molar-refractivity contribution in [3.05, 3.63) is 99.1 Å². The third kappa shape index (κ3) is 3.93. The fraction of sp³-hybridized carbons (Fsp3) is 0.0800. The summed E-state index contributed by atoms with van der Waals surface area (Å²) in [4.78, 5) is 8.36. The Bertz CT molecular complexity index is 1340. The Labute approximate surface area is 191 Å².